The third-order valence-electron chi connectivity index (χ3n) is 3.76. The summed E-state index contributed by atoms with van der Waals surface area (Å²) in [6.45, 7) is 0.834. The third-order valence-corrected chi connectivity index (χ3v) is 4.07. The molecule has 3 heteroatoms. The third kappa shape index (κ3) is 3.88. The quantitative estimate of drug-likeness (QED) is 0.790. The smallest absolute Gasteiger partial charge is 0.147 e. The lowest BCUT2D eigenvalue weighted by Crippen LogP contribution is -2.16. The van der Waals surface area contributed by atoms with Gasteiger partial charge < -0.3 is 5.32 Å². The van der Waals surface area contributed by atoms with Gasteiger partial charge in [0.1, 0.15) is 5.82 Å². The van der Waals surface area contributed by atoms with Crippen molar-refractivity contribution in [2.24, 2.45) is 5.92 Å². The van der Waals surface area contributed by atoms with E-state index >= 15 is 0 Å². The summed E-state index contributed by atoms with van der Waals surface area (Å²) in [6, 6.07) is 4.82. The lowest BCUT2D eigenvalue weighted by molar-refractivity contribution is 0.392. The summed E-state index contributed by atoms with van der Waals surface area (Å²) in [5.41, 5.74) is 0.459. The first-order chi connectivity index (χ1) is 8.77. The molecule has 0 heterocycles. The molecule has 1 aliphatic carbocycles. The maximum Gasteiger partial charge on any atom is 0.147 e. The highest BCUT2D eigenvalue weighted by molar-refractivity contribution is 6.33. The van der Waals surface area contributed by atoms with Gasteiger partial charge in [0, 0.05) is 6.54 Å². The second kappa shape index (κ2) is 6.98. The predicted molar refractivity (Wildman–Crippen MR) is 75.7 cm³/mol. The highest BCUT2D eigenvalue weighted by atomic mass is 35.5. The molecule has 0 bridgehead atoms. The van der Waals surface area contributed by atoms with E-state index in [1.807, 2.05) is 0 Å². The summed E-state index contributed by atoms with van der Waals surface area (Å²) in [5, 5.41) is 3.67. The number of hydrogen-bond donors (Lipinski definition) is 1. The maximum atomic E-state index is 13.6. The molecule has 1 fully saturated rings. The summed E-state index contributed by atoms with van der Waals surface area (Å²) >= 11 is 6.00. The highest BCUT2D eigenvalue weighted by Gasteiger charge is 2.13. The van der Waals surface area contributed by atoms with Gasteiger partial charge in [0.05, 0.1) is 10.7 Å². The Morgan fingerprint density at radius 1 is 1.11 bits per heavy atom. The van der Waals surface area contributed by atoms with Crippen LogP contribution in [0.5, 0.6) is 0 Å². The van der Waals surface area contributed by atoms with Crippen LogP contribution in [-0.4, -0.2) is 6.54 Å². The first-order valence-electron chi connectivity index (χ1n) is 6.95. The van der Waals surface area contributed by atoms with Gasteiger partial charge in [0.2, 0.25) is 0 Å². The highest BCUT2D eigenvalue weighted by Crippen LogP contribution is 2.27. The molecular formula is C15H21ClFN. The van der Waals surface area contributed by atoms with Gasteiger partial charge in [-0.2, -0.15) is 0 Å². The Morgan fingerprint density at radius 3 is 2.44 bits per heavy atom. The summed E-state index contributed by atoms with van der Waals surface area (Å²) in [5.74, 6) is 0.398. The Labute approximate surface area is 114 Å². The average Bonchev–Trinajstić information content (AvgIpc) is 2.30. The first kappa shape index (κ1) is 13.7. The van der Waals surface area contributed by atoms with Crippen molar-refractivity contribution in [2.45, 2.75) is 44.9 Å². The van der Waals surface area contributed by atoms with E-state index in [1.165, 1.54) is 51.0 Å². The van der Waals surface area contributed by atoms with E-state index in [-0.39, 0.29) is 5.82 Å². The van der Waals surface area contributed by atoms with E-state index in [2.05, 4.69) is 5.32 Å². The lowest BCUT2D eigenvalue weighted by Gasteiger charge is -2.21. The number of hydrogen-bond acceptors (Lipinski definition) is 1. The van der Waals surface area contributed by atoms with Crippen molar-refractivity contribution in [1.82, 2.24) is 0 Å². The standard InChI is InChI=1S/C15H21ClFN/c16-13-9-6-10-14(17)15(13)18-11-12-7-4-2-1-3-5-8-12/h6,9-10,12,18H,1-5,7-8,11H2. The average molecular weight is 270 g/mol. The first-order valence-corrected chi connectivity index (χ1v) is 7.33. The van der Waals surface area contributed by atoms with Gasteiger partial charge >= 0.3 is 0 Å². The van der Waals surface area contributed by atoms with Crippen LogP contribution in [0.1, 0.15) is 44.9 Å². The van der Waals surface area contributed by atoms with Crippen LogP contribution >= 0.6 is 11.6 Å². The van der Waals surface area contributed by atoms with E-state index in [1.54, 1.807) is 12.1 Å². The van der Waals surface area contributed by atoms with Crippen molar-refractivity contribution in [3.8, 4) is 0 Å². The van der Waals surface area contributed by atoms with E-state index in [9.17, 15) is 4.39 Å². The SMILES string of the molecule is Fc1cccc(Cl)c1NCC1CCCCCCC1. The van der Waals surface area contributed by atoms with Crippen molar-refractivity contribution in [3.63, 3.8) is 0 Å². The van der Waals surface area contributed by atoms with Gasteiger partial charge in [-0.05, 0) is 30.9 Å². The number of para-hydroxylation sites is 1. The van der Waals surface area contributed by atoms with Crippen molar-refractivity contribution < 1.29 is 4.39 Å². The van der Waals surface area contributed by atoms with E-state index < -0.39 is 0 Å². The second-order valence-corrected chi connectivity index (χ2v) is 5.60. The minimum absolute atomic E-state index is 0.256. The van der Waals surface area contributed by atoms with Gasteiger partial charge in [-0.1, -0.05) is 49.8 Å². The van der Waals surface area contributed by atoms with Crippen molar-refractivity contribution in [1.29, 1.82) is 0 Å². The summed E-state index contributed by atoms with van der Waals surface area (Å²) in [7, 11) is 0. The molecule has 0 spiro atoms. The van der Waals surface area contributed by atoms with Crippen LogP contribution in [-0.2, 0) is 0 Å². The number of anilines is 1. The molecule has 2 rings (SSSR count). The van der Waals surface area contributed by atoms with Crippen LogP contribution < -0.4 is 5.32 Å². The van der Waals surface area contributed by atoms with E-state index in [0.29, 0.717) is 16.6 Å². The van der Waals surface area contributed by atoms with E-state index in [0.717, 1.165) is 6.54 Å². The maximum absolute atomic E-state index is 13.6. The molecule has 0 atom stereocenters. The Morgan fingerprint density at radius 2 is 1.78 bits per heavy atom. The Hall–Kier alpha value is -0.760. The zero-order chi connectivity index (χ0) is 12.8. The molecule has 0 radical (unpaired) electrons. The van der Waals surface area contributed by atoms with Crippen LogP contribution in [0.15, 0.2) is 18.2 Å². The molecule has 1 N–H and O–H groups in total. The zero-order valence-corrected chi connectivity index (χ0v) is 11.5. The molecule has 1 aliphatic rings. The molecule has 0 unspecified atom stereocenters. The topological polar surface area (TPSA) is 12.0 Å². The van der Waals surface area contributed by atoms with Crippen LogP contribution in [0.2, 0.25) is 5.02 Å². The Balaban J connectivity index is 1.89. The van der Waals surface area contributed by atoms with Gasteiger partial charge in [-0.15, -0.1) is 0 Å². The monoisotopic (exact) mass is 269 g/mol. The second-order valence-electron chi connectivity index (χ2n) is 5.19. The van der Waals surface area contributed by atoms with Crippen molar-refractivity contribution in [3.05, 3.63) is 29.0 Å². The predicted octanol–water partition coefficient (Wildman–Crippen LogP) is 5.25. The summed E-state index contributed by atoms with van der Waals surface area (Å²) < 4.78 is 13.6. The molecule has 0 aliphatic heterocycles. The number of rotatable bonds is 3. The van der Waals surface area contributed by atoms with Crippen LogP contribution in [0.25, 0.3) is 0 Å². The normalized spacial score (nSPS) is 18.1. The number of nitrogens with one attached hydrogen (secondary N) is 1. The fraction of sp³-hybridized carbons (Fsp3) is 0.600. The minimum atomic E-state index is -0.256. The zero-order valence-electron chi connectivity index (χ0n) is 10.7. The molecule has 1 nitrogen and oxygen atoms in total. The van der Waals surface area contributed by atoms with Gasteiger partial charge in [0.15, 0.2) is 0 Å². The largest absolute Gasteiger partial charge is 0.381 e. The lowest BCUT2D eigenvalue weighted by atomic mass is 9.91. The number of halogens is 2. The van der Waals surface area contributed by atoms with E-state index in [4.69, 9.17) is 11.6 Å². The molecular weight excluding hydrogens is 249 g/mol. The molecule has 0 amide bonds. The fourth-order valence-electron chi connectivity index (χ4n) is 2.66. The molecule has 100 valence electrons. The molecule has 18 heavy (non-hydrogen) atoms. The Bertz CT molecular complexity index is 353. The minimum Gasteiger partial charge on any atom is -0.381 e. The molecule has 1 aromatic rings. The number of benzene rings is 1. The van der Waals surface area contributed by atoms with Crippen LogP contribution in [0, 0.1) is 11.7 Å². The van der Waals surface area contributed by atoms with Gasteiger partial charge in [-0.3, -0.25) is 0 Å². The van der Waals surface area contributed by atoms with Crippen LogP contribution in [0.3, 0.4) is 0 Å². The Kier molecular flexibility index (Phi) is 5.30. The molecule has 1 saturated carbocycles. The summed E-state index contributed by atoms with van der Waals surface area (Å²) in [6.07, 6.45) is 9.17. The fourth-order valence-corrected chi connectivity index (χ4v) is 2.89. The molecule has 0 aromatic heterocycles. The summed E-state index contributed by atoms with van der Waals surface area (Å²) in [4.78, 5) is 0. The van der Waals surface area contributed by atoms with Crippen molar-refractivity contribution >= 4 is 17.3 Å². The van der Waals surface area contributed by atoms with Crippen LogP contribution in [0.4, 0.5) is 10.1 Å². The van der Waals surface area contributed by atoms with Gasteiger partial charge in [0.25, 0.3) is 0 Å². The molecule has 0 saturated heterocycles. The van der Waals surface area contributed by atoms with Gasteiger partial charge in [-0.25, -0.2) is 4.39 Å². The molecule has 1 aromatic carbocycles. The van der Waals surface area contributed by atoms with Crippen molar-refractivity contribution in [2.75, 3.05) is 11.9 Å².